The normalized spacial score (nSPS) is 8.77. The molecule has 0 aliphatic heterocycles. The Labute approximate surface area is 82.7 Å². The fourth-order valence-electron chi connectivity index (χ4n) is 0.955. The van der Waals surface area contributed by atoms with Crippen LogP contribution in [0.5, 0.6) is 0 Å². The molecule has 0 radical (unpaired) electrons. The molecule has 0 bridgehead atoms. The zero-order chi connectivity index (χ0) is 9.68. The fourth-order valence-corrected chi connectivity index (χ4v) is 1.18. The standard InChI is InChI=1S/C11H9ClO/c1-9-8-11(12)6-5-10(9)4-2-3-7-13/h5-8H,3H2,1H3. The predicted molar refractivity (Wildman–Crippen MR) is 53.7 cm³/mol. The van der Waals surface area contributed by atoms with Crippen molar-refractivity contribution < 1.29 is 4.79 Å². The van der Waals surface area contributed by atoms with Crippen LogP contribution in [0, 0.1) is 18.8 Å². The molecule has 0 aromatic heterocycles. The van der Waals surface area contributed by atoms with Gasteiger partial charge in [0.15, 0.2) is 0 Å². The first-order chi connectivity index (χ1) is 6.24. The Morgan fingerprint density at radius 2 is 2.31 bits per heavy atom. The molecule has 0 aliphatic carbocycles. The highest BCUT2D eigenvalue weighted by molar-refractivity contribution is 6.30. The second-order valence-corrected chi connectivity index (χ2v) is 3.07. The number of hydrogen-bond donors (Lipinski definition) is 0. The maximum Gasteiger partial charge on any atom is 0.131 e. The van der Waals surface area contributed by atoms with E-state index in [-0.39, 0.29) is 6.42 Å². The largest absolute Gasteiger partial charge is 0.302 e. The molecule has 0 fully saturated rings. The van der Waals surface area contributed by atoms with Crippen LogP contribution in [0.1, 0.15) is 17.5 Å². The summed E-state index contributed by atoms with van der Waals surface area (Å²) in [4.78, 5) is 10.0. The molecule has 0 atom stereocenters. The van der Waals surface area contributed by atoms with Gasteiger partial charge in [-0.15, -0.1) is 0 Å². The average Bonchev–Trinajstić information content (AvgIpc) is 2.09. The van der Waals surface area contributed by atoms with Gasteiger partial charge in [-0.05, 0) is 30.7 Å². The molecular weight excluding hydrogens is 184 g/mol. The highest BCUT2D eigenvalue weighted by Crippen LogP contribution is 2.13. The van der Waals surface area contributed by atoms with Crippen molar-refractivity contribution in [1.82, 2.24) is 0 Å². The smallest absolute Gasteiger partial charge is 0.131 e. The molecule has 0 N–H and O–H groups in total. The first-order valence-corrected chi connectivity index (χ1v) is 4.30. The van der Waals surface area contributed by atoms with E-state index in [0.717, 1.165) is 17.4 Å². The van der Waals surface area contributed by atoms with E-state index in [2.05, 4.69) is 11.8 Å². The topological polar surface area (TPSA) is 17.1 Å². The van der Waals surface area contributed by atoms with Crippen molar-refractivity contribution in [2.24, 2.45) is 0 Å². The zero-order valence-corrected chi connectivity index (χ0v) is 8.06. The van der Waals surface area contributed by atoms with Crippen molar-refractivity contribution in [2.75, 3.05) is 0 Å². The van der Waals surface area contributed by atoms with E-state index in [1.54, 1.807) is 6.07 Å². The molecule has 0 saturated carbocycles. The lowest BCUT2D eigenvalue weighted by atomic mass is 10.1. The van der Waals surface area contributed by atoms with Crippen LogP contribution in [0.15, 0.2) is 18.2 Å². The lowest BCUT2D eigenvalue weighted by Crippen LogP contribution is -1.81. The average molecular weight is 193 g/mol. The molecule has 0 unspecified atom stereocenters. The van der Waals surface area contributed by atoms with Crippen molar-refractivity contribution >= 4 is 17.9 Å². The van der Waals surface area contributed by atoms with E-state index < -0.39 is 0 Å². The maximum absolute atomic E-state index is 10.0. The van der Waals surface area contributed by atoms with Gasteiger partial charge in [0.05, 0.1) is 6.42 Å². The van der Waals surface area contributed by atoms with Gasteiger partial charge in [0.25, 0.3) is 0 Å². The molecule has 66 valence electrons. The fraction of sp³-hybridized carbons (Fsp3) is 0.182. The number of carbonyl (C=O) groups excluding carboxylic acids is 1. The number of benzene rings is 1. The van der Waals surface area contributed by atoms with Crippen LogP contribution >= 0.6 is 11.6 Å². The third-order valence-electron chi connectivity index (χ3n) is 1.60. The first kappa shape index (κ1) is 9.83. The van der Waals surface area contributed by atoms with Crippen LogP contribution < -0.4 is 0 Å². The SMILES string of the molecule is Cc1cc(Cl)ccc1C#CCC=O. The van der Waals surface area contributed by atoms with Crippen LogP contribution in [-0.4, -0.2) is 6.29 Å². The summed E-state index contributed by atoms with van der Waals surface area (Å²) >= 11 is 5.77. The van der Waals surface area contributed by atoms with Crippen molar-refractivity contribution in [3.05, 3.63) is 34.3 Å². The third-order valence-corrected chi connectivity index (χ3v) is 1.83. The Bertz CT molecular complexity index is 371. The van der Waals surface area contributed by atoms with Crippen molar-refractivity contribution in [3.63, 3.8) is 0 Å². The molecule has 1 rings (SSSR count). The Hall–Kier alpha value is -1.26. The zero-order valence-electron chi connectivity index (χ0n) is 7.30. The highest BCUT2D eigenvalue weighted by atomic mass is 35.5. The number of hydrogen-bond acceptors (Lipinski definition) is 1. The van der Waals surface area contributed by atoms with Crippen molar-refractivity contribution in [2.45, 2.75) is 13.3 Å². The Kier molecular flexibility index (Phi) is 3.54. The Morgan fingerprint density at radius 3 is 2.92 bits per heavy atom. The van der Waals surface area contributed by atoms with Crippen LogP contribution in [0.25, 0.3) is 0 Å². The Morgan fingerprint density at radius 1 is 1.54 bits per heavy atom. The second kappa shape index (κ2) is 4.69. The summed E-state index contributed by atoms with van der Waals surface area (Å²) in [7, 11) is 0. The van der Waals surface area contributed by atoms with Gasteiger partial charge in [-0.2, -0.15) is 0 Å². The van der Waals surface area contributed by atoms with Gasteiger partial charge in [-0.3, -0.25) is 0 Å². The molecule has 13 heavy (non-hydrogen) atoms. The van der Waals surface area contributed by atoms with Gasteiger partial charge in [-0.25, -0.2) is 0 Å². The third kappa shape index (κ3) is 2.93. The molecule has 1 aromatic carbocycles. The van der Waals surface area contributed by atoms with Crippen LogP contribution in [0.2, 0.25) is 5.02 Å². The van der Waals surface area contributed by atoms with Gasteiger partial charge in [0, 0.05) is 10.6 Å². The molecular formula is C11H9ClO. The van der Waals surface area contributed by atoms with Crippen molar-refractivity contribution in [3.8, 4) is 11.8 Å². The summed E-state index contributed by atoms with van der Waals surface area (Å²) in [5.74, 6) is 5.65. The summed E-state index contributed by atoms with van der Waals surface area (Å²) in [5.41, 5.74) is 1.96. The van der Waals surface area contributed by atoms with Gasteiger partial charge < -0.3 is 4.79 Å². The van der Waals surface area contributed by atoms with Crippen LogP contribution in [0.4, 0.5) is 0 Å². The van der Waals surface area contributed by atoms with E-state index in [1.165, 1.54) is 0 Å². The minimum atomic E-state index is 0.280. The summed E-state index contributed by atoms with van der Waals surface area (Å²) in [6, 6.07) is 5.50. The molecule has 1 nitrogen and oxygen atoms in total. The first-order valence-electron chi connectivity index (χ1n) is 3.92. The van der Waals surface area contributed by atoms with E-state index in [1.807, 2.05) is 19.1 Å². The number of aldehydes is 1. The van der Waals surface area contributed by atoms with Crippen LogP contribution in [-0.2, 0) is 4.79 Å². The van der Waals surface area contributed by atoms with E-state index >= 15 is 0 Å². The minimum Gasteiger partial charge on any atom is -0.302 e. The predicted octanol–water partition coefficient (Wildman–Crippen LogP) is 2.59. The lowest BCUT2D eigenvalue weighted by Gasteiger charge is -1.97. The number of aryl methyl sites for hydroxylation is 1. The Balaban J connectivity index is 2.91. The lowest BCUT2D eigenvalue weighted by molar-refractivity contribution is -0.107. The minimum absolute atomic E-state index is 0.280. The number of halogens is 1. The van der Waals surface area contributed by atoms with E-state index in [0.29, 0.717) is 5.02 Å². The van der Waals surface area contributed by atoms with Crippen LogP contribution in [0.3, 0.4) is 0 Å². The van der Waals surface area contributed by atoms with E-state index in [4.69, 9.17) is 11.6 Å². The molecule has 0 amide bonds. The maximum atomic E-state index is 10.0. The summed E-state index contributed by atoms with van der Waals surface area (Å²) in [5, 5.41) is 0.707. The number of carbonyl (C=O) groups is 1. The highest BCUT2D eigenvalue weighted by Gasteiger charge is 1.94. The monoisotopic (exact) mass is 192 g/mol. The van der Waals surface area contributed by atoms with E-state index in [9.17, 15) is 4.79 Å². The second-order valence-electron chi connectivity index (χ2n) is 2.63. The van der Waals surface area contributed by atoms with Crippen molar-refractivity contribution in [1.29, 1.82) is 0 Å². The molecule has 0 aliphatic rings. The van der Waals surface area contributed by atoms with Gasteiger partial charge in [0.2, 0.25) is 0 Å². The molecule has 2 heteroatoms. The number of rotatable bonds is 1. The van der Waals surface area contributed by atoms with Gasteiger partial charge in [0.1, 0.15) is 6.29 Å². The molecule has 0 heterocycles. The quantitative estimate of drug-likeness (QED) is 0.494. The summed E-state index contributed by atoms with van der Waals surface area (Å²) < 4.78 is 0. The summed E-state index contributed by atoms with van der Waals surface area (Å²) in [6.07, 6.45) is 1.07. The van der Waals surface area contributed by atoms with Gasteiger partial charge >= 0.3 is 0 Å². The molecule has 1 aromatic rings. The van der Waals surface area contributed by atoms with Gasteiger partial charge in [-0.1, -0.05) is 23.4 Å². The molecule has 0 spiro atoms. The summed E-state index contributed by atoms with van der Waals surface area (Å²) in [6.45, 7) is 1.94. The molecule has 0 saturated heterocycles.